The first-order valence-electron chi connectivity index (χ1n) is 10.1. The summed E-state index contributed by atoms with van der Waals surface area (Å²) >= 11 is 0. The molecule has 1 amide bonds. The standard InChI is InChI=1S/C22H25N3O4/c1-3-15-12-21(26)29-20-13-17(4-5-18(15)20)28-14(2)22(27)25-10-7-16(8-11-25)19-6-9-23-24-19/h4-6,9,12-14,16H,3,7-8,10-11H2,1-2H3,(H,23,24). The van der Waals surface area contributed by atoms with Crippen LogP contribution in [0.25, 0.3) is 11.0 Å². The fraction of sp³-hybridized carbons (Fsp3) is 0.409. The van der Waals surface area contributed by atoms with Gasteiger partial charge in [0, 0.05) is 48.4 Å². The van der Waals surface area contributed by atoms with Crippen molar-refractivity contribution in [2.24, 2.45) is 0 Å². The lowest BCUT2D eigenvalue weighted by Crippen LogP contribution is -2.44. The number of nitrogens with one attached hydrogen (secondary N) is 1. The van der Waals surface area contributed by atoms with E-state index in [-0.39, 0.29) is 11.5 Å². The zero-order chi connectivity index (χ0) is 20.4. The molecule has 1 aromatic carbocycles. The Morgan fingerprint density at radius 3 is 2.79 bits per heavy atom. The summed E-state index contributed by atoms with van der Waals surface area (Å²) < 4.78 is 11.2. The van der Waals surface area contributed by atoms with Gasteiger partial charge in [0.1, 0.15) is 11.3 Å². The third-order valence-electron chi connectivity index (χ3n) is 5.61. The van der Waals surface area contributed by atoms with E-state index in [0.717, 1.165) is 35.9 Å². The van der Waals surface area contributed by atoms with Gasteiger partial charge in [-0.25, -0.2) is 4.79 Å². The fourth-order valence-electron chi connectivity index (χ4n) is 3.99. The van der Waals surface area contributed by atoms with E-state index in [1.54, 1.807) is 19.2 Å². The smallest absolute Gasteiger partial charge is 0.336 e. The molecule has 2 aromatic heterocycles. The van der Waals surface area contributed by atoms with Crippen LogP contribution < -0.4 is 10.4 Å². The maximum atomic E-state index is 12.8. The van der Waals surface area contributed by atoms with E-state index in [0.29, 0.717) is 30.3 Å². The minimum Gasteiger partial charge on any atom is -0.481 e. The molecule has 4 rings (SSSR count). The summed E-state index contributed by atoms with van der Waals surface area (Å²) in [6, 6.07) is 8.89. The molecule has 0 saturated carbocycles. The number of aryl methyl sites for hydroxylation is 1. The van der Waals surface area contributed by atoms with Crippen LogP contribution in [0.15, 0.2) is 45.7 Å². The number of carbonyl (C=O) groups is 1. The van der Waals surface area contributed by atoms with Crippen molar-refractivity contribution in [3.63, 3.8) is 0 Å². The molecule has 1 N–H and O–H groups in total. The molecule has 1 fully saturated rings. The highest BCUT2D eigenvalue weighted by Gasteiger charge is 2.28. The van der Waals surface area contributed by atoms with E-state index < -0.39 is 6.10 Å². The van der Waals surface area contributed by atoms with Crippen molar-refractivity contribution >= 4 is 16.9 Å². The lowest BCUT2D eigenvalue weighted by atomic mass is 9.93. The first-order chi connectivity index (χ1) is 14.0. The molecule has 3 heterocycles. The number of carbonyl (C=O) groups excluding carboxylic acids is 1. The van der Waals surface area contributed by atoms with Crippen LogP contribution in [-0.2, 0) is 11.2 Å². The number of aromatic nitrogens is 2. The van der Waals surface area contributed by atoms with Crippen molar-refractivity contribution in [1.29, 1.82) is 0 Å². The van der Waals surface area contributed by atoms with Gasteiger partial charge in [-0.05, 0) is 49.9 Å². The summed E-state index contributed by atoms with van der Waals surface area (Å²) in [6.45, 7) is 5.15. The van der Waals surface area contributed by atoms with E-state index in [4.69, 9.17) is 9.15 Å². The van der Waals surface area contributed by atoms with Crippen LogP contribution in [0, 0.1) is 0 Å². The number of aromatic amines is 1. The topological polar surface area (TPSA) is 88.4 Å². The fourth-order valence-corrected chi connectivity index (χ4v) is 3.99. The van der Waals surface area contributed by atoms with Crippen LogP contribution in [0.3, 0.4) is 0 Å². The van der Waals surface area contributed by atoms with Crippen LogP contribution in [0.2, 0.25) is 0 Å². The highest BCUT2D eigenvalue weighted by Crippen LogP contribution is 2.27. The zero-order valence-electron chi connectivity index (χ0n) is 16.7. The molecule has 1 aliphatic heterocycles. The Balaban J connectivity index is 1.42. The van der Waals surface area contributed by atoms with Crippen LogP contribution >= 0.6 is 0 Å². The summed E-state index contributed by atoms with van der Waals surface area (Å²) in [6.07, 6.45) is 3.70. The number of nitrogens with zero attached hydrogens (tertiary/aromatic N) is 2. The Morgan fingerprint density at radius 1 is 1.31 bits per heavy atom. The molecule has 0 spiro atoms. The van der Waals surface area contributed by atoms with Crippen LogP contribution in [-0.4, -0.2) is 40.2 Å². The van der Waals surface area contributed by atoms with Gasteiger partial charge in [0.05, 0.1) is 0 Å². The second kappa shape index (κ2) is 8.11. The van der Waals surface area contributed by atoms with Gasteiger partial charge in [0.2, 0.25) is 0 Å². The second-order valence-electron chi connectivity index (χ2n) is 7.47. The lowest BCUT2D eigenvalue weighted by Gasteiger charge is -2.33. The van der Waals surface area contributed by atoms with E-state index in [1.807, 2.05) is 30.0 Å². The molecule has 152 valence electrons. The lowest BCUT2D eigenvalue weighted by molar-refractivity contribution is -0.139. The Hall–Kier alpha value is -3.09. The zero-order valence-corrected chi connectivity index (χ0v) is 16.7. The van der Waals surface area contributed by atoms with E-state index in [1.165, 1.54) is 6.07 Å². The summed E-state index contributed by atoms with van der Waals surface area (Å²) in [5.41, 5.74) is 2.17. The van der Waals surface area contributed by atoms with Crippen LogP contribution in [0.1, 0.15) is 43.9 Å². The number of ether oxygens (including phenoxy) is 1. The summed E-state index contributed by atoms with van der Waals surface area (Å²) in [5.74, 6) is 0.896. The van der Waals surface area contributed by atoms with Gasteiger partial charge in [-0.2, -0.15) is 5.10 Å². The molecule has 1 atom stereocenters. The third-order valence-corrected chi connectivity index (χ3v) is 5.61. The number of H-pyrrole nitrogens is 1. The SMILES string of the molecule is CCc1cc(=O)oc2cc(OC(C)C(=O)N3CCC(c4ccn[nH]4)CC3)ccc12. The normalized spacial score (nSPS) is 16.1. The van der Waals surface area contributed by atoms with Crippen LogP contribution in [0.4, 0.5) is 0 Å². The van der Waals surface area contributed by atoms with Gasteiger partial charge < -0.3 is 14.1 Å². The Kier molecular flexibility index (Phi) is 5.38. The van der Waals surface area contributed by atoms with Crippen molar-refractivity contribution in [2.45, 2.75) is 45.1 Å². The number of fused-ring (bicyclic) bond motifs is 1. The third kappa shape index (κ3) is 4.04. The molecular formula is C22H25N3O4. The monoisotopic (exact) mass is 395 g/mol. The molecule has 1 unspecified atom stereocenters. The van der Waals surface area contributed by atoms with E-state index >= 15 is 0 Å². The second-order valence-corrected chi connectivity index (χ2v) is 7.47. The van der Waals surface area contributed by atoms with Gasteiger partial charge in [0.15, 0.2) is 6.10 Å². The number of piperidine rings is 1. The number of amides is 1. The average Bonchev–Trinajstić information content (AvgIpc) is 3.27. The number of rotatable bonds is 5. The molecular weight excluding hydrogens is 370 g/mol. The molecule has 0 radical (unpaired) electrons. The minimum absolute atomic E-state index is 0.0306. The van der Waals surface area contributed by atoms with E-state index in [2.05, 4.69) is 10.2 Å². The highest BCUT2D eigenvalue weighted by atomic mass is 16.5. The molecule has 0 bridgehead atoms. The molecule has 7 heteroatoms. The van der Waals surface area contributed by atoms with Crippen molar-refractivity contribution in [2.75, 3.05) is 13.1 Å². The molecule has 0 aliphatic carbocycles. The maximum absolute atomic E-state index is 12.8. The molecule has 7 nitrogen and oxygen atoms in total. The van der Waals surface area contributed by atoms with Crippen molar-refractivity contribution in [3.05, 3.63) is 58.2 Å². The van der Waals surface area contributed by atoms with E-state index in [9.17, 15) is 9.59 Å². The average molecular weight is 395 g/mol. The van der Waals surface area contributed by atoms with Gasteiger partial charge in [-0.3, -0.25) is 9.89 Å². The molecule has 1 aliphatic rings. The van der Waals surface area contributed by atoms with Crippen molar-refractivity contribution in [3.8, 4) is 5.75 Å². The number of likely N-dealkylation sites (tertiary alicyclic amines) is 1. The first kappa shape index (κ1) is 19.2. The summed E-state index contributed by atoms with van der Waals surface area (Å²) in [4.78, 5) is 26.4. The van der Waals surface area contributed by atoms with Crippen molar-refractivity contribution < 1.29 is 13.9 Å². The van der Waals surface area contributed by atoms with Gasteiger partial charge >= 0.3 is 5.63 Å². The van der Waals surface area contributed by atoms with Gasteiger partial charge in [0.25, 0.3) is 5.91 Å². The van der Waals surface area contributed by atoms with Gasteiger partial charge in [-0.15, -0.1) is 0 Å². The van der Waals surface area contributed by atoms with Gasteiger partial charge in [-0.1, -0.05) is 6.92 Å². The minimum atomic E-state index is -0.614. The Morgan fingerprint density at radius 2 is 2.10 bits per heavy atom. The summed E-state index contributed by atoms with van der Waals surface area (Å²) in [7, 11) is 0. The maximum Gasteiger partial charge on any atom is 0.336 e. The molecule has 3 aromatic rings. The Bertz CT molecular complexity index is 1050. The first-order valence-corrected chi connectivity index (χ1v) is 10.1. The largest absolute Gasteiger partial charge is 0.481 e. The highest BCUT2D eigenvalue weighted by molar-refractivity contribution is 5.83. The Labute approximate surface area is 168 Å². The molecule has 29 heavy (non-hydrogen) atoms. The predicted molar refractivity (Wildman–Crippen MR) is 109 cm³/mol. The van der Waals surface area contributed by atoms with Crippen LogP contribution in [0.5, 0.6) is 5.75 Å². The number of benzene rings is 1. The number of hydrogen-bond acceptors (Lipinski definition) is 5. The summed E-state index contributed by atoms with van der Waals surface area (Å²) in [5, 5.41) is 7.92. The predicted octanol–water partition coefficient (Wildman–Crippen LogP) is 3.25. The number of hydrogen-bond donors (Lipinski definition) is 1. The molecule has 1 saturated heterocycles. The quantitative estimate of drug-likeness (QED) is 0.670. The van der Waals surface area contributed by atoms with Crippen molar-refractivity contribution in [1.82, 2.24) is 15.1 Å².